The number of hydrogen-bond donors (Lipinski definition) is 0. The number of nitrogens with zero attached hydrogens (tertiary/aromatic N) is 3. The molecule has 2 heterocycles. The molecule has 6 aromatic rings. The number of aromatic nitrogens is 3. The van der Waals surface area contributed by atoms with Gasteiger partial charge < -0.3 is 4.42 Å². The van der Waals surface area contributed by atoms with Crippen LogP contribution in [0.1, 0.15) is 29.7 Å². The van der Waals surface area contributed by atoms with E-state index in [0.29, 0.717) is 23.4 Å². The van der Waals surface area contributed by atoms with Crippen LogP contribution in [0.15, 0.2) is 137 Å². The Morgan fingerprint density at radius 1 is 0.605 bits per heavy atom. The molecule has 4 aromatic carbocycles. The van der Waals surface area contributed by atoms with Crippen LogP contribution in [0.25, 0.3) is 56.8 Å². The van der Waals surface area contributed by atoms with Crippen LogP contribution < -0.4 is 0 Å². The zero-order chi connectivity index (χ0) is 28.6. The predicted octanol–water partition coefficient (Wildman–Crippen LogP) is 9.61. The molecule has 2 aliphatic carbocycles. The van der Waals surface area contributed by atoms with Crippen LogP contribution in [-0.2, 0) is 6.42 Å². The monoisotopic (exact) mass is 555 g/mol. The molecule has 0 aliphatic heterocycles. The van der Waals surface area contributed by atoms with Gasteiger partial charge in [0.15, 0.2) is 17.5 Å². The first-order chi connectivity index (χ1) is 21.3. The van der Waals surface area contributed by atoms with Crippen LogP contribution in [0.5, 0.6) is 0 Å². The molecular formula is C39H29N3O. The van der Waals surface area contributed by atoms with Gasteiger partial charge in [-0.15, -0.1) is 0 Å². The van der Waals surface area contributed by atoms with Gasteiger partial charge >= 0.3 is 0 Å². The van der Waals surface area contributed by atoms with Gasteiger partial charge in [0.2, 0.25) is 0 Å². The SMILES string of the molecule is C1=CC(c2ccccc2)=CC(C2=Cc3c(oc4cc(-c5nc(-c6ccccc6)nc(-c6ccccc6)n5)ccc34)CC2)C1. The topological polar surface area (TPSA) is 51.8 Å². The van der Waals surface area contributed by atoms with E-state index in [2.05, 4.69) is 72.8 Å². The Morgan fingerprint density at radius 2 is 1.21 bits per heavy atom. The lowest BCUT2D eigenvalue weighted by Gasteiger charge is -2.22. The van der Waals surface area contributed by atoms with Crippen molar-refractivity contribution < 1.29 is 4.42 Å². The summed E-state index contributed by atoms with van der Waals surface area (Å²) in [6.07, 6.45) is 12.3. The maximum atomic E-state index is 6.46. The minimum absolute atomic E-state index is 0.399. The second-order valence-electron chi connectivity index (χ2n) is 11.1. The first kappa shape index (κ1) is 25.4. The summed E-state index contributed by atoms with van der Waals surface area (Å²) in [6, 6.07) is 37.1. The van der Waals surface area contributed by atoms with Crippen molar-refractivity contribution in [2.75, 3.05) is 0 Å². The molecule has 0 saturated heterocycles. The second kappa shape index (κ2) is 10.8. The van der Waals surface area contributed by atoms with Gasteiger partial charge in [0.1, 0.15) is 11.3 Å². The molecule has 0 fully saturated rings. The molecule has 0 spiro atoms. The minimum Gasteiger partial charge on any atom is -0.460 e. The summed E-state index contributed by atoms with van der Waals surface area (Å²) in [6.45, 7) is 0. The van der Waals surface area contributed by atoms with Gasteiger partial charge in [0, 0.05) is 40.0 Å². The van der Waals surface area contributed by atoms with Gasteiger partial charge in [0.25, 0.3) is 0 Å². The molecule has 2 aliphatic rings. The van der Waals surface area contributed by atoms with E-state index in [-0.39, 0.29) is 0 Å². The lowest BCUT2D eigenvalue weighted by molar-refractivity contribution is 0.536. The number of allylic oxidation sites excluding steroid dienone is 5. The van der Waals surface area contributed by atoms with E-state index in [1.807, 2.05) is 60.7 Å². The number of furan rings is 1. The summed E-state index contributed by atoms with van der Waals surface area (Å²) in [4.78, 5) is 14.6. The van der Waals surface area contributed by atoms with E-state index >= 15 is 0 Å². The van der Waals surface area contributed by atoms with Crippen LogP contribution in [0.4, 0.5) is 0 Å². The first-order valence-electron chi connectivity index (χ1n) is 14.9. The van der Waals surface area contributed by atoms with Crippen molar-refractivity contribution in [1.29, 1.82) is 0 Å². The van der Waals surface area contributed by atoms with Crippen LogP contribution >= 0.6 is 0 Å². The molecule has 0 radical (unpaired) electrons. The smallest absolute Gasteiger partial charge is 0.164 e. The third-order valence-electron chi connectivity index (χ3n) is 8.38. The van der Waals surface area contributed by atoms with E-state index in [1.165, 1.54) is 22.3 Å². The van der Waals surface area contributed by atoms with Crippen molar-refractivity contribution in [3.05, 3.63) is 150 Å². The highest BCUT2D eigenvalue weighted by Crippen LogP contribution is 2.40. The van der Waals surface area contributed by atoms with Crippen molar-refractivity contribution in [2.45, 2.75) is 19.3 Å². The van der Waals surface area contributed by atoms with Crippen molar-refractivity contribution in [3.63, 3.8) is 0 Å². The van der Waals surface area contributed by atoms with Gasteiger partial charge in [-0.2, -0.15) is 0 Å². The van der Waals surface area contributed by atoms with E-state index in [0.717, 1.165) is 52.7 Å². The number of fused-ring (bicyclic) bond motifs is 3. The van der Waals surface area contributed by atoms with Crippen LogP contribution in [0, 0.1) is 5.92 Å². The quantitative estimate of drug-likeness (QED) is 0.212. The summed E-state index contributed by atoms with van der Waals surface area (Å²) < 4.78 is 6.46. The van der Waals surface area contributed by atoms with Crippen molar-refractivity contribution in [1.82, 2.24) is 15.0 Å². The molecule has 0 amide bonds. The maximum absolute atomic E-state index is 6.46. The average Bonchev–Trinajstić information content (AvgIpc) is 3.46. The summed E-state index contributed by atoms with van der Waals surface area (Å²) in [5.41, 5.74) is 8.93. The highest BCUT2D eigenvalue weighted by Gasteiger charge is 2.23. The molecule has 8 rings (SSSR count). The first-order valence-corrected chi connectivity index (χ1v) is 14.9. The van der Waals surface area contributed by atoms with E-state index < -0.39 is 0 Å². The molecule has 4 nitrogen and oxygen atoms in total. The third-order valence-corrected chi connectivity index (χ3v) is 8.38. The van der Waals surface area contributed by atoms with Gasteiger partial charge in [-0.05, 0) is 36.1 Å². The fourth-order valence-corrected chi connectivity index (χ4v) is 6.16. The lowest BCUT2D eigenvalue weighted by Crippen LogP contribution is -2.08. The zero-order valence-corrected chi connectivity index (χ0v) is 23.7. The summed E-state index contributed by atoms with van der Waals surface area (Å²) >= 11 is 0. The van der Waals surface area contributed by atoms with Gasteiger partial charge in [0.05, 0.1) is 0 Å². The molecule has 206 valence electrons. The van der Waals surface area contributed by atoms with Crippen molar-refractivity contribution in [2.24, 2.45) is 5.92 Å². The molecule has 43 heavy (non-hydrogen) atoms. The Labute approximate surface area is 250 Å². The average molecular weight is 556 g/mol. The van der Waals surface area contributed by atoms with Crippen LogP contribution in [0.2, 0.25) is 0 Å². The fourth-order valence-electron chi connectivity index (χ4n) is 6.16. The largest absolute Gasteiger partial charge is 0.460 e. The lowest BCUT2D eigenvalue weighted by atomic mass is 9.82. The van der Waals surface area contributed by atoms with Gasteiger partial charge in [-0.1, -0.05) is 127 Å². The summed E-state index contributed by atoms with van der Waals surface area (Å²) in [5, 5.41) is 1.13. The third kappa shape index (κ3) is 4.91. The van der Waals surface area contributed by atoms with Crippen molar-refractivity contribution in [3.8, 4) is 34.2 Å². The van der Waals surface area contributed by atoms with Crippen LogP contribution in [-0.4, -0.2) is 15.0 Å². The Hall–Kier alpha value is -5.35. The van der Waals surface area contributed by atoms with Gasteiger partial charge in [-0.3, -0.25) is 0 Å². The van der Waals surface area contributed by atoms with E-state index in [1.54, 1.807) is 0 Å². The number of aryl methyl sites for hydroxylation is 1. The number of hydrogen-bond acceptors (Lipinski definition) is 4. The number of benzene rings is 4. The molecule has 0 bridgehead atoms. The normalized spacial score (nSPS) is 16.0. The molecule has 0 saturated carbocycles. The summed E-state index contributed by atoms with van der Waals surface area (Å²) in [7, 11) is 0. The molecule has 2 aromatic heterocycles. The van der Waals surface area contributed by atoms with Gasteiger partial charge in [-0.25, -0.2) is 15.0 Å². The summed E-state index contributed by atoms with van der Waals surface area (Å²) in [5.74, 6) is 3.39. The maximum Gasteiger partial charge on any atom is 0.164 e. The van der Waals surface area contributed by atoms with Crippen LogP contribution in [0.3, 0.4) is 0 Å². The van der Waals surface area contributed by atoms with E-state index in [9.17, 15) is 0 Å². The standard InChI is InChI=1S/C39H29N3O/c1-4-11-26(12-5-1)29-17-10-18-30(23-29)31-20-22-35-34(24-31)33-21-19-32(25-36(33)43-35)39-41-37(27-13-6-2-7-14-27)40-38(42-39)28-15-8-3-9-16-28/h1-17,19,21,23-25,30H,18,20,22H2. The predicted molar refractivity (Wildman–Crippen MR) is 174 cm³/mol. The highest BCUT2D eigenvalue weighted by atomic mass is 16.3. The van der Waals surface area contributed by atoms with Crippen molar-refractivity contribution >= 4 is 22.6 Å². The number of rotatable bonds is 5. The molecule has 0 N–H and O–H groups in total. The minimum atomic E-state index is 0.399. The molecular weight excluding hydrogens is 526 g/mol. The Kier molecular flexibility index (Phi) is 6.38. The zero-order valence-electron chi connectivity index (χ0n) is 23.7. The van der Waals surface area contributed by atoms with E-state index in [4.69, 9.17) is 19.4 Å². The fraction of sp³-hybridized carbons (Fsp3) is 0.103. The molecule has 4 heteroatoms. The Balaban J connectivity index is 1.17. The second-order valence-corrected chi connectivity index (χ2v) is 11.1. The highest BCUT2D eigenvalue weighted by molar-refractivity contribution is 5.92. The Bertz CT molecular complexity index is 1980. The Morgan fingerprint density at radius 3 is 1.86 bits per heavy atom. The molecule has 1 atom stereocenters. The molecule has 1 unspecified atom stereocenters.